The first kappa shape index (κ1) is 16.8. The second-order valence-electron chi connectivity index (χ2n) is 4.67. The number of H-pyrrole nitrogens is 1. The van der Waals surface area contributed by atoms with E-state index in [2.05, 4.69) is 21.3 Å². The third kappa shape index (κ3) is 3.62. The summed E-state index contributed by atoms with van der Waals surface area (Å²) in [6, 6.07) is 8.42. The third-order valence-corrected chi connectivity index (χ3v) is 4.68. The Morgan fingerprint density at radius 1 is 1.26 bits per heavy atom. The molecule has 0 saturated heterocycles. The van der Waals surface area contributed by atoms with E-state index >= 15 is 0 Å². The zero-order valence-corrected chi connectivity index (χ0v) is 13.7. The number of hydrogen-bond acceptors (Lipinski definition) is 4. The molecule has 118 valence electrons. The summed E-state index contributed by atoms with van der Waals surface area (Å²) in [5, 5.41) is 7.63. The summed E-state index contributed by atoms with van der Waals surface area (Å²) in [6.45, 7) is 5.38. The van der Waals surface area contributed by atoms with Gasteiger partial charge in [-0.1, -0.05) is 17.7 Å². The Morgan fingerprint density at radius 2 is 2.00 bits per heavy atom. The molecule has 0 amide bonds. The number of rotatable bonds is 3. The predicted octanol–water partition coefficient (Wildman–Crippen LogP) is 3.47. The number of benzene rings is 1. The van der Waals surface area contributed by atoms with Crippen LogP contribution in [0.3, 0.4) is 0 Å². The average molecular weight is 349 g/mol. The average Bonchev–Trinajstić information content (AvgIpc) is 2.95. The highest BCUT2D eigenvalue weighted by atomic mass is 35.5. The normalized spacial score (nSPS) is 10.8. The molecule has 0 saturated carbocycles. The quantitative estimate of drug-likeness (QED) is 0.757. The predicted molar refractivity (Wildman–Crippen MR) is 89.8 cm³/mol. The molecule has 2 aromatic heterocycles. The molecule has 0 aliphatic heterocycles. The molecule has 23 heavy (non-hydrogen) atoms. The second-order valence-corrected chi connectivity index (χ2v) is 6.76. The molecular weight excluding hydrogens is 336 g/mol. The van der Waals surface area contributed by atoms with Crippen LogP contribution in [0.2, 0.25) is 5.02 Å². The number of nitrogens with zero attached hydrogens (tertiary/aromatic N) is 2. The summed E-state index contributed by atoms with van der Waals surface area (Å²) in [7, 11) is -3.71. The fourth-order valence-electron chi connectivity index (χ4n) is 2.01. The van der Waals surface area contributed by atoms with Crippen molar-refractivity contribution in [2.45, 2.75) is 11.8 Å². The zero-order chi connectivity index (χ0) is 17.0. The van der Waals surface area contributed by atoms with Crippen LogP contribution < -0.4 is 4.72 Å². The number of aryl methyl sites for hydroxylation is 1. The smallest absolute Gasteiger partial charge is 0.265 e. The molecule has 2 heterocycles. The van der Waals surface area contributed by atoms with E-state index in [9.17, 15) is 8.42 Å². The number of nitriles is 1. The van der Waals surface area contributed by atoms with Gasteiger partial charge in [-0.05, 0) is 36.8 Å². The largest absolute Gasteiger partial charge is 0.360 e. The van der Waals surface area contributed by atoms with Crippen LogP contribution in [0.15, 0.2) is 47.6 Å². The fraction of sp³-hybridized carbons (Fsp3) is 0.0667. The van der Waals surface area contributed by atoms with Crippen LogP contribution >= 0.6 is 11.6 Å². The molecule has 0 fully saturated rings. The summed E-state index contributed by atoms with van der Waals surface area (Å²) in [5.74, 6) is 0.281. The van der Waals surface area contributed by atoms with Crippen LogP contribution in [0, 0.1) is 18.8 Å². The summed E-state index contributed by atoms with van der Waals surface area (Å²) in [6.07, 6.45) is 3.05. The lowest BCUT2D eigenvalue weighted by molar-refractivity contribution is 0.602. The molecule has 2 N–H and O–H groups in total. The molecule has 8 heteroatoms. The van der Waals surface area contributed by atoms with Gasteiger partial charge in [0.05, 0.1) is 0 Å². The molecule has 0 unspecified atom stereocenters. The van der Waals surface area contributed by atoms with Gasteiger partial charge in [-0.2, -0.15) is 0 Å². The highest BCUT2D eigenvalue weighted by molar-refractivity contribution is 7.93. The Labute approximate surface area is 138 Å². The third-order valence-electron chi connectivity index (χ3n) is 3.05. The zero-order valence-electron chi connectivity index (χ0n) is 12.1. The number of hydrogen-bond donors (Lipinski definition) is 2. The topological polar surface area (TPSA) is 98.6 Å². The maximum Gasteiger partial charge on any atom is 0.265 e. The number of anilines is 1. The monoisotopic (exact) mass is 348 g/mol. The van der Waals surface area contributed by atoms with Crippen molar-refractivity contribution in [3.05, 3.63) is 53.3 Å². The van der Waals surface area contributed by atoms with E-state index in [0.29, 0.717) is 15.9 Å². The molecule has 3 rings (SSSR count). The number of sulfonamides is 1. The van der Waals surface area contributed by atoms with Crippen LogP contribution in [0.25, 0.3) is 10.9 Å². The molecule has 0 spiro atoms. The first-order valence-corrected chi connectivity index (χ1v) is 8.30. The van der Waals surface area contributed by atoms with Crippen LogP contribution in [-0.2, 0) is 10.0 Å². The van der Waals surface area contributed by atoms with E-state index in [1.54, 1.807) is 36.5 Å². The molecule has 0 atom stereocenters. The van der Waals surface area contributed by atoms with E-state index in [1.807, 2.05) is 6.92 Å². The Morgan fingerprint density at radius 3 is 2.65 bits per heavy atom. The summed E-state index contributed by atoms with van der Waals surface area (Å²) < 4.78 is 27.3. The summed E-state index contributed by atoms with van der Waals surface area (Å²) >= 11 is 5.89. The lowest BCUT2D eigenvalue weighted by Crippen LogP contribution is -2.13. The Hall–Kier alpha value is -2.56. The molecular formula is C15H13ClN4O2S. The lowest BCUT2D eigenvalue weighted by atomic mass is 10.2. The van der Waals surface area contributed by atoms with Gasteiger partial charge in [-0.3, -0.25) is 4.72 Å². The standard InChI is InChI=1S/C14H12ClN3O2S.CHN/c1-9-2-5-14(17-7-9)18-21(19,20)13-8-16-12-6-10(15)3-4-11(12)13;1-2/h2-8,16H,1H3,(H,17,18);1H. The number of fused-ring (bicyclic) bond motifs is 1. The minimum atomic E-state index is -3.71. The van der Waals surface area contributed by atoms with E-state index in [0.717, 1.165) is 5.56 Å². The first-order chi connectivity index (χ1) is 11.0. The number of aromatic amines is 1. The number of halogens is 1. The van der Waals surface area contributed by atoms with Crippen molar-refractivity contribution in [1.29, 1.82) is 5.26 Å². The second kappa shape index (κ2) is 6.69. The highest BCUT2D eigenvalue weighted by Crippen LogP contribution is 2.26. The minimum Gasteiger partial charge on any atom is -0.360 e. The van der Waals surface area contributed by atoms with Gasteiger partial charge < -0.3 is 4.98 Å². The Bertz CT molecular complexity index is 947. The van der Waals surface area contributed by atoms with Gasteiger partial charge in [0.15, 0.2) is 0 Å². The molecule has 0 bridgehead atoms. The van der Waals surface area contributed by atoms with Gasteiger partial charge in [0.25, 0.3) is 10.0 Å². The highest BCUT2D eigenvalue weighted by Gasteiger charge is 2.19. The fourth-order valence-corrected chi connectivity index (χ4v) is 3.37. The van der Waals surface area contributed by atoms with Gasteiger partial charge in [-0.15, -0.1) is 0 Å². The molecule has 1 aromatic carbocycles. The van der Waals surface area contributed by atoms with Crippen molar-refractivity contribution in [3.63, 3.8) is 0 Å². The van der Waals surface area contributed by atoms with Gasteiger partial charge in [0.2, 0.25) is 0 Å². The molecule has 0 radical (unpaired) electrons. The van der Waals surface area contributed by atoms with E-state index in [1.165, 1.54) is 6.20 Å². The van der Waals surface area contributed by atoms with E-state index in [4.69, 9.17) is 16.9 Å². The number of nitrogens with one attached hydrogen (secondary N) is 2. The number of pyridine rings is 1. The number of aromatic nitrogens is 2. The van der Waals surface area contributed by atoms with Crippen molar-refractivity contribution in [1.82, 2.24) is 9.97 Å². The maximum atomic E-state index is 12.4. The van der Waals surface area contributed by atoms with Crippen molar-refractivity contribution >= 4 is 38.3 Å². The van der Waals surface area contributed by atoms with Crippen molar-refractivity contribution in [3.8, 4) is 6.57 Å². The summed E-state index contributed by atoms with van der Waals surface area (Å²) in [4.78, 5) is 7.12. The summed E-state index contributed by atoms with van der Waals surface area (Å²) in [5.41, 5.74) is 1.62. The van der Waals surface area contributed by atoms with E-state index < -0.39 is 10.0 Å². The van der Waals surface area contributed by atoms with Crippen LogP contribution in [0.1, 0.15) is 5.56 Å². The van der Waals surface area contributed by atoms with Crippen molar-refractivity contribution in [2.75, 3.05) is 4.72 Å². The van der Waals surface area contributed by atoms with Crippen LogP contribution in [0.4, 0.5) is 5.82 Å². The van der Waals surface area contributed by atoms with Gasteiger partial charge >= 0.3 is 0 Å². The van der Waals surface area contributed by atoms with Crippen LogP contribution in [0.5, 0.6) is 0 Å². The Kier molecular flexibility index (Phi) is 4.89. The van der Waals surface area contributed by atoms with E-state index in [-0.39, 0.29) is 10.7 Å². The molecule has 0 aliphatic carbocycles. The van der Waals surface area contributed by atoms with Gasteiger partial charge in [0.1, 0.15) is 10.7 Å². The minimum absolute atomic E-state index is 0.163. The first-order valence-electron chi connectivity index (χ1n) is 6.44. The van der Waals surface area contributed by atoms with Crippen molar-refractivity contribution < 1.29 is 8.42 Å². The van der Waals surface area contributed by atoms with Gasteiger partial charge in [0, 0.05) is 34.9 Å². The SMILES string of the molecule is C#N.Cc1ccc(NS(=O)(=O)c2c[nH]c3cc(Cl)ccc23)nc1. The lowest BCUT2D eigenvalue weighted by Gasteiger charge is -2.06. The molecule has 3 aromatic rings. The molecule has 6 nitrogen and oxygen atoms in total. The van der Waals surface area contributed by atoms with Crippen LogP contribution in [-0.4, -0.2) is 18.4 Å². The Balaban J connectivity index is 0.000000924. The maximum absolute atomic E-state index is 12.4. The molecule has 0 aliphatic rings. The van der Waals surface area contributed by atoms with Gasteiger partial charge in [-0.25, -0.2) is 18.7 Å². The van der Waals surface area contributed by atoms with Crippen molar-refractivity contribution in [2.24, 2.45) is 0 Å².